The Morgan fingerprint density at radius 1 is 0.956 bits per heavy atom. The van der Waals surface area contributed by atoms with Gasteiger partial charge in [-0.05, 0) is 87.8 Å². The SMILES string of the molecule is CC(C)OC(=O)CCCC=CC[C@H]1C(=O)CC(O[Si](C)(C)C(C)(C)C)[C@@H]1C=CC(CCc1ccccc1)O[Si](C)(C)C(C)(C)C. The number of aryl methyl sites for hydroxylation is 1. The van der Waals surface area contributed by atoms with Gasteiger partial charge in [-0.2, -0.15) is 0 Å². The predicted molar refractivity (Wildman–Crippen MR) is 193 cm³/mol. The summed E-state index contributed by atoms with van der Waals surface area (Å²) in [4.78, 5) is 25.4. The van der Waals surface area contributed by atoms with E-state index in [-0.39, 0.29) is 52.0 Å². The Morgan fingerprint density at radius 3 is 2.16 bits per heavy atom. The molecule has 45 heavy (non-hydrogen) atoms. The standard InChI is InChI=1S/C38H64O5Si2/c1-29(2)41-36(40)23-19-14-13-18-22-32-33(35(28-34(32)39)43-45(11,12)38(6,7)8)27-26-31(42-44(9,10)37(3,4)5)25-24-30-20-16-15-17-21-30/h13,15-18,20-21,26-27,29,31-33,35H,14,19,22-25,28H2,1-12H3/t31?,32-,33-,35?/m1/s1. The number of carbonyl (C=O) groups excluding carboxylic acids is 2. The molecule has 0 saturated heterocycles. The largest absolute Gasteiger partial charge is 0.463 e. The van der Waals surface area contributed by atoms with Crippen molar-refractivity contribution in [3.8, 4) is 0 Å². The summed E-state index contributed by atoms with van der Waals surface area (Å²) in [6, 6.07) is 10.6. The molecule has 254 valence electrons. The lowest BCUT2D eigenvalue weighted by Crippen LogP contribution is -2.45. The third-order valence-corrected chi connectivity index (χ3v) is 19.0. The van der Waals surface area contributed by atoms with Gasteiger partial charge in [-0.25, -0.2) is 0 Å². The van der Waals surface area contributed by atoms with Crippen LogP contribution >= 0.6 is 0 Å². The molecule has 1 aliphatic rings. The molecule has 1 saturated carbocycles. The van der Waals surface area contributed by atoms with Crippen LogP contribution in [0.25, 0.3) is 0 Å². The number of Topliss-reactive ketones (excluding diaryl/α,β-unsaturated/α-hetero) is 1. The van der Waals surface area contributed by atoms with Crippen molar-refractivity contribution >= 4 is 28.4 Å². The molecule has 4 atom stereocenters. The van der Waals surface area contributed by atoms with E-state index in [1.807, 2.05) is 13.8 Å². The fourth-order valence-electron chi connectivity index (χ4n) is 5.18. The van der Waals surface area contributed by atoms with Crippen LogP contribution in [-0.2, 0) is 29.6 Å². The molecule has 1 fully saturated rings. The topological polar surface area (TPSA) is 61.8 Å². The summed E-state index contributed by atoms with van der Waals surface area (Å²) in [5.74, 6) is 0.00644. The molecule has 5 nitrogen and oxygen atoms in total. The lowest BCUT2D eigenvalue weighted by atomic mass is 9.90. The Hall–Kier alpha value is -1.81. The van der Waals surface area contributed by atoms with Crippen LogP contribution in [0.5, 0.6) is 0 Å². The van der Waals surface area contributed by atoms with Gasteiger partial charge in [-0.15, -0.1) is 0 Å². The molecule has 0 aromatic heterocycles. The first-order valence-electron chi connectivity index (χ1n) is 17.2. The number of unbranched alkanes of at least 4 members (excludes halogenated alkanes) is 1. The van der Waals surface area contributed by atoms with Crippen LogP contribution in [0.1, 0.15) is 99.5 Å². The van der Waals surface area contributed by atoms with Crippen molar-refractivity contribution < 1.29 is 23.2 Å². The van der Waals surface area contributed by atoms with E-state index >= 15 is 0 Å². The van der Waals surface area contributed by atoms with Crippen LogP contribution < -0.4 is 0 Å². The minimum absolute atomic E-state index is 0.000430. The van der Waals surface area contributed by atoms with Crippen molar-refractivity contribution in [3.05, 3.63) is 60.2 Å². The van der Waals surface area contributed by atoms with Crippen LogP contribution in [0.15, 0.2) is 54.6 Å². The van der Waals surface area contributed by atoms with Gasteiger partial charge < -0.3 is 13.6 Å². The summed E-state index contributed by atoms with van der Waals surface area (Å²) < 4.78 is 19.2. The Labute approximate surface area is 277 Å². The van der Waals surface area contributed by atoms with Gasteiger partial charge in [0.05, 0.1) is 18.3 Å². The second-order valence-corrected chi connectivity index (χ2v) is 25.7. The van der Waals surface area contributed by atoms with Crippen LogP contribution in [0, 0.1) is 11.8 Å². The lowest BCUT2D eigenvalue weighted by Gasteiger charge is -2.40. The van der Waals surface area contributed by atoms with Gasteiger partial charge >= 0.3 is 5.97 Å². The zero-order valence-corrected chi connectivity index (χ0v) is 32.6. The van der Waals surface area contributed by atoms with Crippen LogP contribution in [0.4, 0.5) is 0 Å². The predicted octanol–water partition coefficient (Wildman–Crippen LogP) is 10.2. The molecule has 0 N–H and O–H groups in total. The van der Waals surface area contributed by atoms with Gasteiger partial charge in [0.2, 0.25) is 0 Å². The second-order valence-electron chi connectivity index (χ2n) is 16.2. The number of rotatable bonds is 16. The van der Waals surface area contributed by atoms with E-state index < -0.39 is 16.6 Å². The molecule has 1 aromatic rings. The summed E-state index contributed by atoms with van der Waals surface area (Å²) >= 11 is 0. The normalized spacial score (nSPS) is 20.9. The first-order chi connectivity index (χ1) is 20.7. The van der Waals surface area contributed by atoms with E-state index in [0.717, 1.165) is 25.7 Å². The molecular formula is C38H64O5Si2. The van der Waals surface area contributed by atoms with Crippen molar-refractivity contribution in [2.75, 3.05) is 0 Å². The van der Waals surface area contributed by atoms with E-state index in [2.05, 4.69) is 122 Å². The number of benzene rings is 1. The molecule has 0 radical (unpaired) electrons. The van der Waals surface area contributed by atoms with E-state index in [4.69, 9.17) is 13.6 Å². The minimum Gasteiger partial charge on any atom is -0.463 e. The highest BCUT2D eigenvalue weighted by Gasteiger charge is 2.47. The monoisotopic (exact) mass is 656 g/mol. The van der Waals surface area contributed by atoms with Crippen molar-refractivity contribution in [1.82, 2.24) is 0 Å². The van der Waals surface area contributed by atoms with Gasteiger partial charge in [-0.3, -0.25) is 9.59 Å². The summed E-state index contributed by atoms with van der Waals surface area (Å²) in [5.41, 5.74) is 1.31. The molecule has 2 unspecified atom stereocenters. The average Bonchev–Trinajstić information content (AvgIpc) is 3.19. The van der Waals surface area contributed by atoms with Gasteiger partial charge in [0.15, 0.2) is 16.6 Å². The Bertz CT molecular complexity index is 1130. The van der Waals surface area contributed by atoms with Gasteiger partial charge in [-0.1, -0.05) is 96.2 Å². The third-order valence-electron chi connectivity index (χ3n) is 10.00. The molecule has 1 aromatic carbocycles. The summed E-state index contributed by atoms with van der Waals surface area (Å²) in [7, 11) is -4.12. The van der Waals surface area contributed by atoms with Crippen molar-refractivity contribution in [2.24, 2.45) is 11.8 Å². The number of hydrogen-bond acceptors (Lipinski definition) is 5. The molecular weight excluding hydrogens is 593 g/mol. The van der Waals surface area contributed by atoms with E-state index in [1.165, 1.54) is 5.56 Å². The van der Waals surface area contributed by atoms with Crippen molar-refractivity contribution in [2.45, 2.75) is 155 Å². The average molecular weight is 657 g/mol. The molecule has 0 spiro atoms. The maximum Gasteiger partial charge on any atom is 0.306 e. The first kappa shape index (κ1) is 39.4. The highest BCUT2D eigenvalue weighted by Crippen LogP contribution is 2.43. The van der Waals surface area contributed by atoms with Crippen LogP contribution in [0.3, 0.4) is 0 Å². The van der Waals surface area contributed by atoms with E-state index in [9.17, 15) is 9.59 Å². The smallest absolute Gasteiger partial charge is 0.306 e. The molecule has 0 heterocycles. The molecule has 1 aliphatic carbocycles. The molecule has 2 rings (SSSR count). The number of hydrogen-bond donors (Lipinski definition) is 0. The molecule has 0 bridgehead atoms. The number of ketones is 1. The summed E-state index contributed by atoms with van der Waals surface area (Å²) in [6.07, 6.45) is 13.5. The van der Waals surface area contributed by atoms with Crippen molar-refractivity contribution in [1.29, 1.82) is 0 Å². The van der Waals surface area contributed by atoms with Gasteiger partial charge in [0, 0.05) is 24.7 Å². The third kappa shape index (κ3) is 12.7. The Morgan fingerprint density at radius 2 is 1.58 bits per heavy atom. The maximum atomic E-state index is 13.5. The summed E-state index contributed by atoms with van der Waals surface area (Å²) in [5, 5.41) is 0.157. The summed E-state index contributed by atoms with van der Waals surface area (Å²) in [6.45, 7) is 26.5. The van der Waals surface area contributed by atoms with Gasteiger partial charge in [0.25, 0.3) is 0 Å². The lowest BCUT2D eigenvalue weighted by molar-refractivity contribution is -0.147. The fourth-order valence-corrected chi connectivity index (χ4v) is 7.84. The van der Waals surface area contributed by atoms with Crippen molar-refractivity contribution in [3.63, 3.8) is 0 Å². The number of carbonyl (C=O) groups is 2. The number of allylic oxidation sites excluding steroid dienone is 2. The molecule has 0 amide bonds. The number of esters is 1. The Balaban J connectivity index is 2.29. The van der Waals surface area contributed by atoms with E-state index in [0.29, 0.717) is 19.3 Å². The number of ether oxygens (including phenoxy) is 1. The fraction of sp³-hybridized carbons (Fsp3) is 0.684. The zero-order valence-electron chi connectivity index (χ0n) is 30.6. The first-order valence-corrected chi connectivity index (χ1v) is 23.0. The highest BCUT2D eigenvalue weighted by atomic mass is 28.4. The molecule has 0 aliphatic heterocycles. The van der Waals surface area contributed by atoms with Crippen LogP contribution in [-0.4, -0.2) is 46.7 Å². The van der Waals surface area contributed by atoms with Gasteiger partial charge in [0.1, 0.15) is 5.78 Å². The highest BCUT2D eigenvalue weighted by molar-refractivity contribution is 6.74. The molecule has 7 heteroatoms. The second kappa shape index (κ2) is 16.8. The Kier molecular flexibility index (Phi) is 14.7. The van der Waals surface area contributed by atoms with E-state index in [1.54, 1.807) is 0 Å². The van der Waals surface area contributed by atoms with Crippen LogP contribution in [0.2, 0.25) is 36.3 Å². The zero-order chi connectivity index (χ0) is 34.1. The quantitative estimate of drug-likeness (QED) is 0.0767. The minimum atomic E-state index is -2.09. The maximum absolute atomic E-state index is 13.5.